The number of rotatable bonds is 17. The van der Waals surface area contributed by atoms with E-state index >= 15 is 0 Å². The van der Waals surface area contributed by atoms with Crippen LogP contribution in [0.2, 0.25) is 0 Å². The van der Waals surface area contributed by atoms with Crippen molar-refractivity contribution in [1.82, 2.24) is 0 Å². The summed E-state index contributed by atoms with van der Waals surface area (Å²) in [6, 6.07) is 0. The minimum absolute atomic E-state index is 0.286. The largest absolute Gasteiger partial charge is 0.366 e. The molecule has 0 heterocycles. The van der Waals surface area contributed by atoms with Crippen molar-refractivity contribution in [2.45, 2.75) is 117 Å². The molecule has 0 radical (unpaired) electrons. The molecular formula is C21H41NO. The van der Waals surface area contributed by atoms with Crippen LogP contribution in [0.3, 0.4) is 0 Å². The van der Waals surface area contributed by atoms with Crippen molar-refractivity contribution in [3.8, 4) is 0 Å². The minimum Gasteiger partial charge on any atom is -0.366 e. The molecule has 0 bridgehead atoms. The molecular weight excluding hydrogens is 282 g/mol. The maximum absolute atomic E-state index is 10.8. The van der Waals surface area contributed by atoms with E-state index in [4.69, 9.17) is 5.73 Å². The number of hydrogen-bond acceptors (Lipinski definition) is 1. The number of carbonyl (C=O) groups is 1. The van der Waals surface area contributed by atoms with E-state index in [1.54, 1.807) is 6.92 Å². The Kier molecular flexibility index (Phi) is 17.0. The molecule has 0 aliphatic carbocycles. The van der Waals surface area contributed by atoms with Crippen LogP contribution in [0.1, 0.15) is 117 Å². The monoisotopic (exact) mass is 323 g/mol. The standard InChI is InChI=1S/C21H41NO/c1-3-4-5-6-7-8-9-10-11-12-13-14-15-16-17-18-19-20(2)21(22)23/h19H,3-18H2,1-2H3,(H2,22,23)/b20-19+. The van der Waals surface area contributed by atoms with Crippen LogP contribution in [-0.4, -0.2) is 5.91 Å². The Bertz CT molecular complexity index is 296. The lowest BCUT2D eigenvalue weighted by Gasteiger charge is -2.03. The maximum Gasteiger partial charge on any atom is 0.244 e. The van der Waals surface area contributed by atoms with E-state index in [-0.39, 0.29) is 5.91 Å². The van der Waals surface area contributed by atoms with Crippen LogP contribution in [-0.2, 0) is 4.79 Å². The first kappa shape index (κ1) is 22.2. The van der Waals surface area contributed by atoms with Crippen LogP contribution >= 0.6 is 0 Å². The molecule has 2 N–H and O–H groups in total. The molecule has 0 atom stereocenters. The Hall–Kier alpha value is -0.790. The number of unbranched alkanes of at least 4 members (excludes halogenated alkanes) is 15. The molecule has 1 amide bonds. The molecule has 0 unspecified atom stereocenters. The van der Waals surface area contributed by atoms with E-state index < -0.39 is 0 Å². The highest BCUT2D eigenvalue weighted by molar-refractivity contribution is 5.91. The lowest BCUT2D eigenvalue weighted by molar-refractivity contribution is -0.114. The fourth-order valence-corrected chi connectivity index (χ4v) is 2.93. The predicted octanol–water partition coefficient (Wildman–Crippen LogP) is 6.68. The van der Waals surface area contributed by atoms with Gasteiger partial charge in [-0.05, 0) is 19.8 Å². The second-order valence-electron chi connectivity index (χ2n) is 6.99. The Morgan fingerprint density at radius 2 is 1.04 bits per heavy atom. The number of allylic oxidation sites excluding steroid dienone is 1. The third kappa shape index (κ3) is 17.4. The van der Waals surface area contributed by atoms with Gasteiger partial charge in [0.25, 0.3) is 0 Å². The summed E-state index contributed by atoms with van der Waals surface area (Å²) in [5.74, 6) is -0.286. The van der Waals surface area contributed by atoms with Crippen molar-refractivity contribution in [3.05, 3.63) is 11.6 Å². The van der Waals surface area contributed by atoms with Crippen LogP contribution in [0.4, 0.5) is 0 Å². The van der Waals surface area contributed by atoms with Gasteiger partial charge in [0, 0.05) is 5.57 Å². The summed E-state index contributed by atoms with van der Waals surface area (Å²) in [5.41, 5.74) is 5.90. The topological polar surface area (TPSA) is 43.1 Å². The molecule has 0 aromatic heterocycles. The third-order valence-electron chi connectivity index (χ3n) is 4.65. The molecule has 0 aromatic carbocycles. The van der Waals surface area contributed by atoms with Gasteiger partial charge in [0.2, 0.25) is 5.91 Å². The van der Waals surface area contributed by atoms with Crippen LogP contribution < -0.4 is 5.73 Å². The van der Waals surface area contributed by atoms with Crippen molar-refractivity contribution in [2.24, 2.45) is 5.73 Å². The zero-order chi connectivity index (χ0) is 17.2. The van der Waals surface area contributed by atoms with Crippen LogP contribution in [0, 0.1) is 0 Å². The molecule has 0 fully saturated rings. The van der Waals surface area contributed by atoms with E-state index in [2.05, 4.69) is 6.92 Å². The fraction of sp³-hybridized carbons (Fsp3) is 0.857. The maximum atomic E-state index is 10.8. The summed E-state index contributed by atoms with van der Waals surface area (Å²) in [6.07, 6.45) is 23.8. The summed E-state index contributed by atoms with van der Waals surface area (Å²) in [5, 5.41) is 0. The predicted molar refractivity (Wildman–Crippen MR) is 102 cm³/mol. The van der Waals surface area contributed by atoms with Gasteiger partial charge in [-0.25, -0.2) is 0 Å². The smallest absolute Gasteiger partial charge is 0.244 e. The van der Waals surface area contributed by atoms with Gasteiger partial charge in [-0.1, -0.05) is 103 Å². The van der Waals surface area contributed by atoms with E-state index in [0.717, 1.165) is 6.42 Å². The average molecular weight is 324 g/mol. The first-order valence-electron chi connectivity index (χ1n) is 10.1. The summed E-state index contributed by atoms with van der Waals surface area (Å²) >= 11 is 0. The third-order valence-corrected chi connectivity index (χ3v) is 4.65. The van der Waals surface area contributed by atoms with Gasteiger partial charge in [-0.15, -0.1) is 0 Å². The van der Waals surface area contributed by atoms with Gasteiger partial charge in [0.15, 0.2) is 0 Å². The summed E-state index contributed by atoms with van der Waals surface area (Å²) in [6.45, 7) is 4.08. The molecule has 0 saturated carbocycles. The fourth-order valence-electron chi connectivity index (χ4n) is 2.93. The van der Waals surface area contributed by atoms with E-state index in [1.165, 1.54) is 96.3 Å². The molecule has 0 rings (SSSR count). The lowest BCUT2D eigenvalue weighted by atomic mass is 10.0. The molecule has 0 aromatic rings. The van der Waals surface area contributed by atoms with E-state index in [1.807, 2.05) is 6.08 Å². The first-order chi connectivity index (χ1) is 11.2. The minimum atomic E-state index is -0.286. The first-order valence-corrected chi connectivity index (χ1v) is 10.1. The highest BCUT2D eigenvalue weighted by Crippen LogP contribution is 2.13. The highest BCUT2D eigenvalue weighted by Gasteiger charge is 1.96. The van der Waals surface area contributed by atoms with Gasteiger partial charge in [0.05, 0.1) is 0 Å². The molecule has 0 saturated heterocycles. The van der Waals surface area contributed by atoms with Crippen molar-refractivity contribution in [2.75, 3.05) is 0 Å². The Labute approximate surface area is 145 Å². The van der Waals surface area contributed by atoms with Gasteiger partial charge < -0.3 is 5.73 Å². The van der Waals surface area contributed by atoms with Crippen LogP contribution in [0.15, 0.2) is 11.6 Å². The molecule has 2 heteroatoms. The lowest BCUT2D eigenvalue weighted by Crippen LogP contribution is -2.11. The van der Waals surface area contributed by atoms with Crippen molar-refractivity contribution < 1.29 is 4.79 Å². The second-order valence-corrected chi connectivity index (χ2v) is 6.99. The number of carbonyl (C=O) groups excluding carboxylic acids is 1. The molecule has 0 aliphatic heterocycles. The second kappa shape index (κ2) is 17.6. The summed E-state index contributed by atoms with van der Waals surface area (Å²) in [4.78, 5) is 10.8. The Morgan fingerprint density at radius 1 is 0.696 bits per heavy atom. The zero-order valence-corrected chi connectivity index (χ0v) is 15.9. The quantitative estimate of drug-likeness (QED) is 0.235. The highest BCUT2D eigenvalue weighted by atomic mass is 16.1. The van der Waals surface area contributed by atoms with Crippen LogP contribution in [0.5, 0.6) is 0 Å². The van der Waals surface area contributed by atoms with Gasteiger partial charge in [-0.3, -0.25) is 4.79 Å². The van der Waals surface area contributed by atoms with Crippen molar-refractivity contribution >= 4 is 5.91 Å². The number of hydrogen-bond donors (Lipinski definition) is 1. The SMILES string of the molecule is CCCCCCCCCCCCCCCCC/C=C(\C)C(N)=O. The van der Waals surface area contributed by atoms with E-state index in [0.29, 0.717) is 5.57 Å². The number of amides is 1. The average Bonchev–Trinajstić information content (AvgIpc) is 2.54. The van der Waals surface area contributed by atoms with Crippen LogP contribution in [0.25, 0.3) is 0 Å². The Morgan fingerprint density at radius 3 is 1.39 bits per heavy atom. The van der Waals surface area contributed by atoms with Gasteiger partial charge >= 0.3 is 0 Å². The van der Waals surface area contributed by atoms with Gasteiger partial charge in [0.1, 0.15) is 0 Å². The molecule has 23 heavy (non-hydrogen) atoms. The Balaban J connectivity index is 3.11. The summed E-state index contributed by atoms with van der Waals surface area (Å²) in [7, 11) is 0. The molecule has 136 valence electrons. The normalized spacial score (nSPS) is 11.8. The number of primary amides is 1. The van der Waals surface area contributed by atoms with Crippen molar-refractivity contribution in [1.29, 1.82) is 0 Å². The van der Waals surface area contributed by atoms with E-state index in [9.17, 15) is 4.79 Å². The molecule has 2 nitrogen and oxygen atoms in total. The summed E-state index contributed by atoms with van der Waals surface area (Å²) < 4.78 is 0. The van der Waals surface area contributed by atoms with Crippen molar-refractivity contribution in [3.63, 3.8) is 0 Å². The van der Waals surface area contributed by atoms with Gasteiger partial charge in [-0.2, -0.15) is 0 Å². The molecule has 0 aliphatic rings. The number of nitrogens with two attached hydrogens (primary N) is 1. The molecule has 0 spiro atoms. The zero-order valence-electron chi connectivity index (χ0n) is 15.9.